The van der Waals surface area contributed by atoms with Gasteiger partial charge in [-0.25, -0.2) is 0 Å². The second-order valence-electron chi connectivity index (χ2n) is 7.11. The van der Waals surface area contributed by atoms with Crippen LogP contribution in [0.2, 0.25) is 0 Å². The number of hydrogen-bond acceptors (Lipinski definition) is 1. The Hall–Kier alpha value is 0.440. The minimum Gasteiger partial charge on any atom is -0.344 e. The average Bonchev–Trinajstić information content (AvgIpc) is 2.47. The van der Waals surface area contributed by atoms with Gasteiger partial charge in [-0.2, -0.15) is 0 Å². The zero-order valence-electron chi connectivity index (χ0n) is 15.9. The Morgan fingerprint density at radius 2 is 0.909 bits per heavy atom. The third-order valence-corrected chi connectivity index (χ3v) is 5.75. The maximum Gasteiger partial charge on any atom is 0.0227 e. The molecule has 0 amide bonds. The average molecular weight is 378 g/mol. The van der Waals surface area contributed by atoms with Gasteiger partial charge in [0, 0.05) is 4.32 Å². The quantitative estimate of drug-likeness (QED) is 0.212. The monoisotopic (exact) mass is 377 g/mol. The zero-order valence-corrected chi connectivity index (χ0v) is 17.5. The highest BCUT2D eigenvalue weighted by Crippen LogP contribution is 2.28. The van der Waals surface area contributed by atoms with Crippen LogP contribution in [0.5, 0.6) is 0 Å². The molecule has 0 spiro atoms. The van der Waals surface area contributed by atoms with Crippen LogP contribution in [0.4, 0.5) is 0 Å². The van der Waals surface area contributed by atoms with Crippen LogP contribution >= 0.6 is 15.9 Å². The molecule has 136 valence electrons. The third kappa shape index (κ3) is 18.5. The highest BCUT2D eigenvalue weighted by molar-refractivity contribution is 9.10. The van der Waals surface area contributed by atoms with Crippen molar-refractivity contribution in [2.24, 2.45) is 0 Å². The summed E-state index contributed by atoms with van der Waals surface area (Å²) in [6.45, 7) is 6.90. The topological polar surface area (TPSA) is 35.0 Å². The van der Waals surface area contributed by atoms with Gasteiger partial charge in [-0.05, 0) is 19.8 Å². The molecule has 1 unspecified atom stereocenters. The molecule has 0 aromatic carbocycles. The summed E-state index contributed by atoms with van der Waals surface area (Å²) in [6.07, 6.45) is 22.9. The van der Waals surface area contributed by atoms with Crippen molar-refractivity contribution in [3.8, 4) is 0 Å². The van der Waals surface area contributed by atoms with Crippen molar-refractivity contribution in [3.63, 3.8) is 0 Å². The maximum atomic E-state index is 3.82. The maximum absolute atomic E-state index is 3.82. The Bertz CT molecular complexity index is 204. The molecular formula is C20H44BrN. The van der Waals surface area contributed by atoms with E-state index in [1.807, 2.05) is 0 Å². The Kier molecular flexibility index (Phi) is 20.0. The highest BCUT2D eigenvalue weighted by atomic mass is 79.9. The van der Waals surface area contributed by atoms with Crippen molar-refractivity contribution in [3.05, 3.63) is 0 Å². The van der Waals surface area contributed by atoms with Crippen molar-refractivity contribution in [2.75, 3.05) is 0 Å². The number of rotatable bonds is 16. The third-order valence-electron chi connectivity index (χ3n) is 4.79. The molecule has 0 aromatic heterocycles. The van der Waals surface area contributed by atoms with Gasteiger partial charge in [-0.15, -0.1) is 0 Å². The lowest BCUT2D eigenvalue weighted by molar-refractivity contribution is 0.504. The highest BCUT2D eigenvalue weighted by Gasteiger charge is 2.15. The molecule has 22 heavy (non-hydrogen) atoms. The largest absolute Gasteiger partial charge is 0.344 e. The van der Waals surface area contributed by atoms with Crippen LogP contribution in [0.15, 0.2) is 0 Å². The zero-order chi connectivity index (χ0) is 15.8. The molecule has 0 rings (SSSR count). The van der Waals surface area contributed by atoms with Crippen LogP contribution in [-0.4, -0.2) is 4.32 Å². The standard InChI is InChI=1S/C20H41Br.H3N/c1-4-6-7-8-9-10-11-12-13-14-15-16-17-18-19-20(3,21)5-2;/h4-19H2,1-3H3;1H3. The van der Waals surface area contributed by atoms with E-state index in [0.29, 0.717) is 4.32 Å². The fourth-order valence-corrected chi connectivity index (χ4v) is 3.15. The van der Waals surface area contributed by atoms with Gasteiger partial charge in [0.2, 0.25) is 0 Å². The van der Waals surface area contributed by atoms with Crippen LogP contribution < -0.4 is 6.15 Å². The van der Waals surface area contributed by atoms with E-state index >= 15 is 0 Å². The van der Waals surface area contributed by atoms with Crippen LogP contribution in [0.25, 0.3) is 0 Å². The van der Waals surface area contributed by atoms with Gasteiger partial charge in [0.05, 0.1) is 0 Å². The molecular weight excluding hydrogens is 334 g/mol. The number of alkyl halides is 1. The molecule has 0 saturated heterocycles. The SMILES string of the molecule is CCCCCCCCCCCCCCCCC(C)(Br)CC.N. The molecule has 2 heteroatoms. The van der Waals surface area contributed by atoms with Gasteiger partial charge in [0.25, 0.3) is 0 Å². The predicted molar refractivity (Wildman–Crippen MR) is 108 cm³/mol. The van der Waals surface area contributed by atoms with Crippen LogP contribution in [0.3, 0.4) is 0 Å². The van der Waals surface area contributed by atoms with Crippen molar-refractivity contribution < 1.29 is 0 Å². The van der Waals surface area contributed by atoms with E-state index in [0.717, 1.165) is 0 Å². The van der Waals surface area contributed by atoms with E-state index in [2.05, 4.69) is 36.7 Å². The van der Waals surface area contributed by atoms with E-state index in [9.17, 15) is 0 Å². The molecule has 0 saturated carbocycles. The number of halogens is 1. The molecule has 1 atom stereocenters. The first kappa shape index (κ1) is 24.7. The second-order valence-corrected chi connectivity index (χ2v) is 9.03. The summed E-state index contributed by atoms with van der Waals surface area (Å²) >= 11 is 3.82. The summed E-state index contributed by atoms with van der Waals surface area (Å²) in [5, 5.41) is 0. The summed E-state index contributed by atoms with van der Waals surface area (Å²) in [6, 6.07) is 0. The Balaban J connectivity index is 0. The fourth-order valence-electron chi connectivity index (χ4n) is 2.86. The molecule has 0 bridgehead atoms. The number of unbranched alkanes of at least 4 members (excludes halogenated alkanes) is 13. The van der Waals surface area contributed by atoms with Gasteiger partial charge in [-0.1, -0.05) is 120 Å². The Labute approximate surface area is 150 Å². The molecule has 0 fully saturated rings. The Morgan fingerprint density at radius 1 is 0.591 bits per heavy atom. The van der Waals surface area contributed by atoms with Crippen molar-refractivity contribution in [1.29, 1.82) is 0 Å². The predicted octanol–water partition coefficient (Wildman–Crippen LogP) is 8.58. The Morgan fingerprint density at radius 3 is 1.23 bits per heavy atom. The first-order valence-corrected chi connectivity index (χ1v) is 10.6. The fraction of sp³-hybridized carbons (Fsp3) is 1.00. The van der Waals surface area contributed by atoms with Crippen molar-refractivity contribution in [1.82, 2.24) is 6.15 Å². The smallest absolute Gasteiger partial charge is 0.0227 e. The molecule has 0 aliphatic carbocycles. The second kappa shape index (κ2) is 17.8. The minimum absolute atomic E-state index is 0. The van der Waals surface area contributed by atoms with E-state index in [4.69, 9.17) is 0 Å². The van der Waals surface area contributed by atoms with Crippen LogP contribution in [-0.2, 0) is 0 Å². The molecule has 1 nitrogen and oxygen atoms in total. The van der Waals surface area contributed by atoms with Gasteiger partial charge in [-0.3, -0.25) is 0 Å². The van der Waals surface area contributed by atoms with Gasteiger partial charge in [0.1, 0.15) is 0 Å². The summed E-state index contributed by atoms with van der Waals surface area (Å²) in [7, 11) is 0. The lowest BCUT2D eigenvalue weighted by atomic mass is 9.99. The molecule has 0 aliphatic rings. The summed E-state index contributed by atoms with van der Waals surface area (Å²) in [5.74, 6) is 0. The lowest BCUT2D eigenvalue weighted by Gasteiger charge is -2.19. The van der Waals surface area contributed by atoms with E-state index < -0.39 is 0 Å². The van der Waals surface area contributed by atoms with Crippen molar-refractivity contribution >= 4 is 15.9 Å². The lowest BCUT2D eigenvalue weighted by Crippen LogP contribution is -2.13. The molecule has 0 aliphatic heterocycles. The molecule has 3 N–H and O–H groups in total. The summed E-state index contributed by atoms with van der Waals surface area (Å²) < 4.78 is 0.393. The van der Waals surface area contributed by atoms with Crippen LogP contribution in [0, 0.1) is 0 Å². The molecule has 0 aromatic rings. The van der Waals surface area contributed by atoms with E-state index in [-0.39, 0.29) is 6.15 Å². The van der Waals surface area contributed by atoms with E-state index in [1.54, 1.807) is 0 Å². The minimum atomic E-state index is 0. The van der Waals surface area contributed by atoms with Gasteiger partial charge < -0.3 is 6.15 Å². The molecule has 0 radical (unpaired) electrons. The van der Waals surface area contributed by atoms with Crippen molar-refractivity contribution in [2.45, 2.75) is 128 Å². The van der Waals surface area contributed by atoms with Gasteiger partial charge in [0.15, 0.2) is 0 Å². The number of hydrogen-bond donors (Lipinski definition) is 1. The molecule has 0 heterocycles. The summed E-state index contributed by atoms with van der Waals surface area (Å²) in [5.41, 5.74) is 0. The van der Waals surface area contributed by atoms with Gasteiger partial charge >= 0.3 is 0 Å². The normalized spacial score (nSPS) is 13.6. The summed E-state index contributed by atoms with van der Waals surface area (Å²) in [4.78, 5) is 0. The first-order valence-electron chi connectivity index (χ1n) is 9.81. The first-order chi connectivity index (χ1) is 10.1. The van der Waals surface area contributed by atoms with E-state index in [1.165, 1.54) is 103 Å². The van der Waals surface area contributed by atoms with Crippen LogP contribution in [0.1, 0.15) is 124 Å².